The summed E-state index contributed by atoms with van der Waals surface area (Å²) in [5.41, 5.74) is 1.85. The minimum Gasteiger partial charge on any atom is -0.369 e. The molecule has 2 rings (SSSR count). The van der Waals surface area contributed by atoms with Gasteiger partial charge in [-0.25, -0.2) is 4.39 Å². The van der Waals surface area contributed by atoms with Gasteiger partial charge in [-0.05, 0) is 24.0 Å². The molecule has 1 saturated heterocycles. The minimum absolute atomic E-state index is 0.0892. The van der Waals surface area contributed by atoms with Crippen molar-refractivity contribution in [2.45, 2.75) is 25.1 Å². The normalized spacial score (nSPS) is 20.4. The minimum atomic E-state index is -0.0892. The maximum absolute atomic E-state index is 13.9. The van der Waals surface area contributed by atoms with Gasteiger partial charge in [0.25, 0.3) is 0 Å². The van der Waals surface area contributed by atoms with Crippen LogP contribution in [0.2, 0.25) is 0 Å². The zero-order valence-electron chi connectivity index (χ0n) is 9.55. The van der Waals surface area contributed by atoms with Crippen molar-refractivity contribution in [3.05, 3.63) is 29.6 Å². The Hall–Kier alpha value is -0.570. The molecule has 1 atom stereocenters. The number of rotatable bonds is 3. The van der Waals surface area contributed by atoms with E-state index in [2.05, 4.69) is 27.8 Å². The molecule has 1 aromatic rings. The van der Waals surface area contributed by atoms with Crippen molar-refractivity contribution in [3.63, 3.8) is 0 Å². The molecule has 1 nitrogen and oxygen atoms in total. The van der Waals surface area contributed by atoms with Crippen LogP contribution in [0.4, 0.5) is 10.1 Å². The Labute approximate surface area is 105 Å². The Kier molecular flexibility index (Phi) is 3.85. The lowest BCUT2D eigenvalue weighted by atomic mass is 10.1. The maximum Gasteiger partial charge on any atom is 0.146 e. The first-order chi connectivity index (χ1) is 7.76. The van der Waals surface area contributed by atoms with Crippen molar-refractivity contribution in [2.75, 3.05) is 18.0 Å². The summed E-state index contributed by atoms with van der Waals surface area (Å²) < 4.78 is 13.9. The molecular weight excluding hydrogens is 269 g/mol. The fourth-order valence-corrected chi connectivity index (χ4v) is 2.84. The molecule has 3 heteroatoms. The van der Waals surface area contributed by atoms with Gasteiger partial charge in [-0.2, -0.15) is 0 Å². The largest absolute Gasteiger partial charge is 0.369 e. The Morgan fingerprint density at radius 1 is 1.50 bits per heavy atom. The van der Waals surface area contributed by atoms with Gasteiger partial charge >= 0.3 is 0 Å². The molecule has 0 spiro atoms. The van der Waals surface area contributed by atoms with Crippen molar-refractivity contribution in [1.82, 2.24) is 0 Å². The topological polar surface area (TPSA) is 3.24 Å². The van der Waals surface area contributed by atoms with E-state index < -0.39 is 0 Å². The molecule has 1 fully saturated rings. The molecule has 0 N–H and O–H groups in total. The van der Waals surface area contributed by atoms with E-state index in [-0.39, 0.29) is 5.82 Å². The summed E-state index contributed by atoms with van der Waals surface area (Å²) in [7, 11) is 0. The van der Waals surface area contributed by atoms with Gasteiger partial charge in [0.2, 0.25) is 0 Å². The molecule has 1 aliphatic rings. The van der Waals surface area contributed by atoms with Crippen LogP contribution in [0.1, 0.15) is 25.3 Å². The molecule has 0 radical (unpaired) electrons. The van der Waals surface area contributed by atoms with Crippen LogP contribution in [0.3, 0.4) is 0 Å². The van der Waals surface area contributed by atoms with E-state index in [0.29, 0.717) is 5.33 Å². The number of alkyl halides is 1. The second-order valence-electron chi connectivity index (χ2n) is 4.39. The van der Waals surface area contributed by atoms with Gasteiger partial charge in [0.1, 0.15) is 5.82 Å². The Balaban J connectivity index is 2.26. The fraction of sp³-hybridized carbons (Fsp3) is 0.538. The quantitative estimate of drug-likeness (QED) is 0.760. The van der Waals surface area contributed by atoms with Crippen LogP contribution in [0.15, 0.2) is 18.2 Å². The number of hydrogen-bond acceptors (Lipinski definition) is 1. The zero-order valence-corrected chi connectivity index (χ0v) is 11.1. The van der Waals surface area contributed by atoms with E-state index in [1.54, 1.807) is 12.1 Å². The summed E-state index contributed by atoms with van der Waals surface area (Å²) in [6, 6.07) is 5.33. The lowest BCUT2D eigenvalue weighted by Crippen LogP contribution is -2.22. The first-order valence-corrected chi connectivity index (χ1v) is 6.96. The van der Waals surface area contributed by atoms with Gasteiger partial charge in [-0.15, -0.1) is 0 Å². The Morgan fingerprint density at radius 3 is 2.94 bits per heavy atom. The summed E-state index contributed by atoms with van der Waals surface area (Å²) in [4.78, 5) is 2.19. The first-order valence-electron chi connectivity index (χ1n) is 5.84. The lowest BCUT2D eigenvalue weighted by Gasteiger charge is -2.22. The van der Waals surface area contributed by atoms with Gasteiger partial charge in [0.05, 0.1) is 5.69 Å². The fourth-order valence-electron chi connectivity index (χ4n) is 2.39. The van der Waals surface area contributed by atoms with E-state index in [1.165, 1.54) is 12.8 Å². The van der Waals surface area contributed by atoms with E-state index in [4.69, 9.17) is 0 Å². The highest BCUT2D eigenvalue weighted by atomic mass is 79.9. The van der Waals surface area contributed by atoms with Crippen molar-refractivity contribution in [1.29, 1.82) is 0 Å². The summed E-state index contributed by atoms with van der Waals surface area (Å²) in [5, 5.41) is 0.716. The molecule has 0 amide bonds. The van der Waals surface area contributed by atoms with Gasteiger partial charge < -0.3 is 4.90 Å². The van der Waals surface area contributed by atoms with Crippen LogP contribution in [0.5, 0.6) is 0 Å². The highest BCUT2D eigenvalue weighted by Crippen LogP contribution is 2.31. The van der Waals surface area contributed by atoms with E-state index >= 15 is 0 Å². The monoisotopic (exact) mass is 285 g/mol. The van der Waals surface area contributed by atoms with Gasteiger partial charge in [-0.1, -0.05) is 41.4 Å². The van der Waals surface area contributed by atoms with Crippen LogP contribution in [-0.2, 0) is 5.33 Å². The van der Waals surface area contributed by atoms with Crippen LogP contribution < -0.4 is 4.90 Å². The van der Waals surface area contributed by atoms with Crippen molar-refractivity contribution in [3.8, 4) is 0 Å². The van der Waals surface area contributed by atoms with Crippen LogP contribution in [-0.4, -0.2) is 13.1 Å². The summed E-state index contributed by atoms with van der Waals surface area (Å²) in [5.74, 6) is 0.636. The second-order valence-corrected chi connectivity index (χ2v) is 4.95. The molecule has 0 bridgehead atoms. The number of halogens is 2. The average Bonchev–Trinajstić information content (AvgIpc) is 2.76. The third-order valence-electron chi connectivity index (χ3n) is 3.39. The van der Waals surface area contributed by atoms with Crippen molar-refractivity contribution < 1.29 is 4.39 Å². The third-order valence-corrected chi connectivity index (χ3v) is 4.00. The van der Waals surface area contributed by atoms with E-state index in [9.17, 15) is 4.39 Å². The highest BCUT2D eigenvalue weighted by Gasteiger charge is 2.24. The van der Waals surface area contributed by atoms with Crippen LogP contribution in [0.25, 0.3) is 0 Å². The SMILES string of the molecule is CCC1CCN(c2c(F)cccc2CBr)C1. The van der Waals surface area contributed by atoms with Crippen molar-refractivity contribution in [2.24, 2.45) is 5.92 Å². The molecule has 88 valence electrons. The summed E-state index contributed by atoms with van der Waals surface area (Å²) in [6.07, 6.45) is 2.38. The van der Waals surface area contributed by atoms with Gasteiger partial charge in [0, 0.05) is 18.4 Å². The van der Waals surface area contributed by atoms with E-state index in [0.717, 1.165) is 30.3 Å². The number of anilines is 1. The molecule has 0 saturated carbocycles. The summed E-state index contributed by atoms with van der Waals surface area (Å²) in [6.45, 7) is 4.19. The lowest BCUT2D eigenvalue weighted by molar-refractivity contribution is 0.566. The zero-order chi connectivity index (χ0) is 11.5. The number of para-hydroxylation sites is 1. The number of hydrogen-bond donors (Lipinski definition) is 0. The standard InChI is InChI=1S/C13H17BrFN/c1-2-10-6-7-16(9-10)13-11(8-14)4-3-5-12(13)15/h3-5,10H,2,6-9H2,1H3. The number of nitrogens with zero attached hydrogens (tertiary/aromatic N) is 1. The number of benzene rings is 1. The molecular formula is C13H17BrFN. The third kappa shape index (κ3) is 2.24. The first kappa shape index (κ1) is 11.9. The van der Waals surface area contributed by atoms with Crippen LogP contribution >= 0.6 is 15.9 Å². The second kappa shape index (κ2) is 5.17. The van der Waals surface area contributed by atoms with Crippen LogP contribution in [0, 0.1) is 11.7 Å². The molecule has 1 heterocycles. The highest BCUT2D eigenvalue weighted by molar-refractivity contribution is 9.08. The smallest absolute Gasteiger partial charge is 0.146 e. The predicted molar refractivity (Wildman–Crippen MR) is 69.6 cm³/mol. The average molecular weight is 286 g/mol. The Morgan fingerprint density at radius 2 is 2.31 bits per heavy atom. The summed E-state index contributed by atoms with van der Waals surface area (Å²) >= 11 is 3.43. The van der Waals surface area contributed by atoms with Crippen molar-refractivity contribution >= 4 is 21.6 Å². The predicted octanol–water partition coefficient (Wildman–Crippen LogP) is 3.96. The molecule has 0 aromatic heterocycles. The molecule has 1 aromatic carbocycles. The van der Waals surface area contributed by atoms with E-state index in [1.807, 2.05) is 6.07 Å². The molecule has 0 aliphatic carbocycles. The molecule has 1 unspecified atom stereocenters. The van der Waals surface area contributed by atoms with Gasteiger partial charge in [-0.3, -0.25) is 0 Å². The molecule has 1 aliphatic heterocycles. The Bertz CT molecular complexity index is 367. The maximum atomic E-state index is 13.9. The van der Waals surface area contributed by atoms with Gasteiger partial charge in [0.15, 0.2) is 0 Å². The molecule has 16 heavy (non-hydrogen) atoms.